The third kappa shape index (κ3) is 14.5. The number of carbonyl (C=O) groups is 1. The molecule has 0 aliphatic rings. The lowest BCUT2D eigenvalue weighted by molar-refractivity contribution is -0.167. The first-order valence-electron chi connectivity index (χ1n) is 8.31. The van der Waals surface area contributed by atoms with Crippen LogP contribution < -0.4 is 0 Å². The second-order valence-corrected chi connectivity index (χ2v) is 6.60. The Morgan fingerprint density at radius 1 is 0.909 bits per heavy atom. The van der Waals surface area contributed by atoms with Gasteiger partial charge in [-0.2, -0.15) is 24.9 Å². The minimum absolute atomic E-state index is 0.437. The molecule has 0 heterocycles. The summed E-state index contributed by atoms with van der Waals surface area (Å²) in [5.41, 5.74) is 0. The highest BCUT2D eigenvalue weighted by atomic mass is 32.2. The molecule has 0 radical (unpaired) electrons. The molecule has 0 unspecified atom stereocenters. The number of carbonyl (C=O) groups excluding carboxylic acids is 1. The van der Waals surface area contributed by atoms with Crippen molar-refractivity contribution in [2.45, 2.75) is 77.3 Å². The summed E-state index contributed by atoms with van der Waals surface area (Å²) in [6, 6.07) is 0. The monoisotopic (exact) mass is 338 g/mol. The van der Waals surface area contributed by atoms with Gasteiger partial charge in [0.2, 0.25) is 5.78 Å². The van der Waals surface area contributed by atoms with Gasteiger partial charge in [0.15, 0.2) is 0 Å². The third-order valence-corrected chi connectivity index (χ3v) is 4.39. The van der Waals surface area contributed by atoms with E-state index in [2.05, 4.69) is 19.1 Å². The first-order valence-corrected chi connectivity index (χ1v) is 9.46. The van der Waals surface area contributed by atoms with Gasteiger partial charge in [-0.25, -0.2) is 0 Å². The summed E-state index contributed by atoms with van der Waals surface area (Å²) in [6.07, 6.45) is 11.4. The summed E-state index contributed by atoms with van der Waals surface area (Å²) in [5.74, 6) is -1.42. The summed E-state index contributed by atoms with van der Waals surface area (Å²) >= 11 is 1.09. The molecule has 0 atom stereocenters. The van der Waals surface area contributed by atoms with Crippen LogP contribution in [0, 0.1) is 0 Å². The molecule has 0 saturated carbocycles. The Morgan fingerprint density at radius 2 is 1.45 bits per heavy atom. The van der Waals surface area contributed by atoms with Gasteiger partial charge in [0.1, 0.15) is 0 Å². The molecule has 0 bridgehead atoms. The summed E-state index contributed by atoms with van der Waals surface area (Å²) in [6.45, 7) is 2.19. The number of thioether (sulfide) groups is 1. The predicted octanol–water partition coefficient (Wildman–Crippen LogP) is 6.33. The van der Waals surface area contributed by atoms with E-state index in [1.807, 2.05) is 0 Å². The topological polar surface area (TPSA) is 17.1 Å². The molecular formula is C17H29F3OS. The maximum absolute atomic E-state index is 11.9. The number of Topliss-reactive ketones (excluding diaryl/α,β-unsaturated/α-hetero) is 1. The summed E-state index contributed by atoms with van der Waals surface area (Å²) in [5, 5.41) is 0. The maximum atomic E-state index is 11.9. The van der Waals surface area contributed by atoms with Crippen LogP contribution in [-0.4, -0.2) is 23.5 Å². The summed E-state index contributed by atoms with van der Waals surface area (Å²) in [7, 11) is 0. The zero-order chi connectivity index (χ0) is 16.7. The fourth-order valence-electron chi connectivity index (χ4n) is 1.98. The SMILES string of the molecule is CCCC/C=C\CCCCCCCCSCC(=O)C(F)(F)F. The minimum atomic E-state index is -4.67. The van der Waals surface area contributed by atoms with E-state index in [0.717, 1.165) is 37.4 Å². The quantitative estimate of drug-likeness (QED) is 0.272. The molecule has 0 fully saturated rings. The van der Waals surface area contributed by atoms with Crippen molar-refractivity contribution in [3.63, 3.8) is 0 Å². The molecule has 0 aromatic rings. The standard InChI is InChI=1S/C17H29F3OS/c1-2-3-4-5-6-7-8-9-10-11-12-13-14-22-15-16(21)17(18,19)20/h5-6H,2-4,7-15H2,1H3/b6-5-. The van der Waals surface area contributed by atoms with Crippen molar-refractivity contribution >= 4 is 17.5 Å². The van der Waals surface area contributed by atoms with Gasteiger partial charge in [-0.3, -0.25) is 4.79 Å². The van der Waals surface area contributed by atoms with E-state index in [1.54, 1.807) is 0 Å². The van der Waals surface area contributed by atoms with Gasteiger partial charge in [0.25, 0.3) is 0 Å². The van der Waals surface area contributed by atoms with Crippen LogP contribution in [0.25, 0.3) is 0 Å². The normalized spacial score (nSPS) is 12.2. The molecule has 0 N–H and O–H groups in total. The maximum Gasteiger partial charge on any atom is 0.450 e. The summed E-state index contributed by atoms with van der Waals surface area (Å²) < 4.78 is 35.8. The molecule has 0 aliphatic heterocycles. The van der Waals surface area contributed by atoms with Gasteiger partial charge < -0.3 is 0 Å². The number of allylic oxidation sites excluding steroid dienone is 2. The van der Waals surface area contributed by atoms with Crippen LogP contribution in [-0.2, 0) is 4.79 Å². The molecule has 130 valence electrons. The van der Waals surface area contributed by atoms with Crippen LogP contribution in [0.1, 0.15) is 71.1 Å². The van der Waals surface area contributed by atoms with Gasteiger partial charge in [0.05, 0.1) is 5.75 Å². The second-order valence-electron chi connectivity index (χ2n) is 5.50. The highest BCUT2D eigenvalue weighted by Gasteiger charge is 2.37. The number of ketones is 1. The zero-order valence-corrected chi connectivity index (χ0v) is 14.4. The van der Waals surface area contributed by atoms with Gasteiger partial charge in [-0.1, -0.05) is 57.6 Å². The van der Waals surface area contributed by atoms with Gasteiger partial charge >= 0.3 is 6.18 Å². The van der Waals surface area contributed by atoms with Crippen LogP contribution in [0.2, 0.25) is 0 Å². The van der Waals surface area contributed by atoms with E-state index in [9.17, 15) is 18.0 Å². The summed E-state index contributed by atoms with van der Waals surface area (Å²) in [4.78, 5) is 10.6. The Labute approximate surface area is 137 Å². The largest absolute Gasteiger partial charge is 0.450 e. The molecule has 5 heteroatoms. The minimum Gasteiger partial charge on any atom is -0.289 e. The van der Waals surface area contributed by atoms with Crippen LogP contribution in [0.5, 0.6) is 0 Å². The smallest absolute Gasteiger partial charge is 0.289 e. The molecule has 0 aromatic heterocycles. The van der Waals surface area contributed by atoms with Crippen molar-refractivity contribution in [3.8, 4) is 0 Å². The third-order valence-electron chi connectivity index (χ3n) is 3.35. The van der Waals surface area contributed by atoms with Crippen LogP contribution in [0.3, 0.4) is 0 Å². The van der Waals surface area contributed by atoms with Crippen molar-refractivity contribution in [1.82, 2.24) is 0 Å². The van der Waals surface area contributed by atoms with Crippen molar-refractivity contribution in [2.75, 3.05) is 11.5 Å². The van der Waals surface area contributed by atoms with Gasteiger partial charge in [-0.05, 0) is 31.4 Å². The van der Waals surface area contributed by atoms with E-state index < -0.39 is 17.7 Å². The van der Waals surface area contributed by atoms with Crippen LogP contribution in [0.15, 0.2) is 12.2 Å². The predicted molar refractivity (Wildman–Crippen MR) is 89.4 cm³/mol. The molecule has 0 saturated heterocycles. The lowest BCUT2D eigenvalue weighted by atomic mass is 10.1. The lowest BCUT2D eigenvalue weighted by Gasteiger charge is -2.04. The average Bonchev–Trinajstić information content (AvgIpc) is 2.46. The van der Waals surface area contributed by atoms with Gasteiger partial charge in [-0.15, -0.1) is 0 Å². The number of unbranched alkanes of at least 4 members (excludes halogenated alkanes) is 8. The van der Waals surface area contributed by atoms with Crippen molar-refractivity contribution < 1.29 is 18.0 Å². The van der Waals surface area contributed by atoms with Crippen molar-refractivity contribution in [3.05, 3.63) is 12.2 Å². The number of halogens is 3. The van der Waals surface area contributed by atoms with E-state index in [0.29, 0.717) is 5.75 Å². The molecule has 0 spiro atoms. The van der Waals surface area contributed by atoms with Crippen molar-refractivity contribution in [1.29, 1.82) is 0 Å². The first-order chi connectivity index (χ1) is 10.5. The lowest BCUT2D eigenvalue weighted by Crippen LogP contribution is -2.24. The Hall–Kier alpha value is -0.450. The molecular weight excluding hydrogens is 309 g/mol. The Balaban J connectivity index is 3.21. The fourth-order valence-corrected chi connectivity index (χ4v) is 2.88. The average molecular weight is 338 g/mol. The first kappa shape index (κ1) is 21.6. The van der Waals surface area contributed by atoms with E-state index in [4.69, 9.17) is 0 Å². The Kier molecular flexibility index (Phi) is 13.9. The van der Waals surface area contributed by atoms with Gasteiger partial charge in [0, 0.05) is 0 Å². The molecule has 0 aliphatic carbocycles. The zero-order valence-electron chi connectivity index (χ0n) is 13.6. The Bertz CT molecular complexity index is 301. The van der Waals surface area contributed by atoms with Crippen LogP contribution >= 0.6 is 11.8 Å². The molecule has 0 rings (SSSR count). The number of hydrogen-bond donors (Lipinski definition) is 0. The number of alkyl halides is 3. The fraction of sp³-hybridized carbons (Fsp3) is 0.824. The van der Waals surface area contributed by atoms with Crippen LogP contribution in [0.4, 0.5) is 13.2 Å². The highest BCUT2D eigenvalue weighted by molar-refractivity contribution is 7.99. The number of hydrogen-bond acceptors (Lipinski definition) is 2. The Morgan fingerprint density at radius 3 is 2.05 bits per heavy atom. The molecule has 0 amide bonds. The highest BCUT2D eigenvalue weighted by Crippen LogP contribution is 2.19. The second kappa shape index (κ2) is 14.2. The molecule has 22 heavy (non-hydrogen) atoms. The van der Waals surface area contributed by atoms with E-state index >= 15 is 0 Å². The number of rotatable bonds is 14. The van der Waals surface area contributed by atoms with E-state index in [-0.39, 0.29) is 0 Å². The molecule has 1 nitrogen and oxygen atoms in total. The van der Waals surface area contributed by atoms with Crippen molar-refractivity contribution in [2.24, 2.45) is 0 Å². The van der Waals surface area contributed by atoms with E-state index in [1.165, 1.54) is 38.5 Å². The molecule has 0 aromatic carbocycles.